The number of nitrogens with zero attached hydrogens (tertiary/aromatic N) is 1. The molecule has 0 atom stereocenters. The molecule has 0 bridgehead atoms. The number of carbonyl (C=O) groups is 1. The molecular formula is C16H13NO2S. The lowest BCUT2D eigenvalue weighted by atomic mass is 10.1. The van der Waals surface area contributed by atoms with Gasteiger partial charge in [0.1, 0.15) is 0 Å². The van der Waals surface area contributed by atoms with Gasteiger partial charge in [0.25, 0.3) is 0 Å². The van der Waals surface area contributed by atoms with E-state index in [1.54, 1.807) is 24.1 Å². The molecular weight excluding hydrogens is 270 g/mol. The SMILES string of the molecule is O=C(O)c1ccccc1CN1C=Cc2ccccc2S1. The minimum Gasteiger partial charge on any atom is -0.478 e. The van der Waals surface area contributed by atoms with Crippen LogP contribution in [0.4, 0.5) is 0 Å². The molecule has 1 aliphatic rings. The molecule has 0 saturated carbocycles. The van der Waals surface area contributed by atoms with Crippen LogP contribution in [-0.2, 0) is 6.54 Å². The minimum absolute atomic E-state index is 0.361. The number of carboxylic acids is 1. The standard InChI is InChI=1S/C16H13NO2S/c18-16(19)14-7-3-1-6-13(14)11-17-10-9-12-5-2-4-8-15(12)20-17/h1-10H,11H2,(H,18,19). The zero-order valence-corrected chi connectivity index (χ0v) is 11.5. The fourth-order valence-corrected chi connectivity index (χ4v) is 3.10. The smallest absolute Gasteiger partial charge is 0.336 e. The van der Waals surface area contributed by atoms with Crippen molar-refractivity contribution in [3.05, 3.63) is 71.4 Å². The molecule has 3 rings (SSSR count). The van der Waals surface area contributed by atoms with Crippen molar-refractivity contribution in [2.75, 3.05) is 0 Å². The average molecular weight is 283 g/mol. The second-order valence-electron chi connectivity index (χ2n) is 4.48. The van der Waals surface area contributed by atoms with Crippen LogP contribution in [0.3, 0.4) is 0 Å². The lowest BCUT2D eigenvalue weighted by molar-refractivity contribution is 0.0695. The fourth-order valence-electron chi connectivity index (χ4n) is 2.14. The molecule has 0 aliphatic carbocycles. The minimum atomic E-state index is -0.882. The Kier molecular flexibility index (Phi) is 3.48. The summed E-state index contributed by atoms with van der Waals surface area (Å²) >= 11 is 1.63. The lowest BCUT2D eigenvalue weighted by Crippen LogP contribution is -2.13. The maximum Gasteiger partial charge on any atom is 0.336 e. The summed E-state index contributed by atoms with van der Waals surface area (Å²) in [6, 6.07) is 15.3. The van der Waals surface area contributed by atoms with Gasteiger partial charge in [-0.2, -0.15) is 0 Å². The van der Waals surface area contributed by atoms with Gasteiger partial charge < -0.3 is 9.41 Å². The van der Waals surface area contributed by atoms with Crippen LogP contribution < -0.4 is 0 Å². The normalized spacial score (nSPS) is 13.1. The van der Waals surface area contributed by atoms with Crippen molar-refractivity contribution in [2.45, 2.75) is 11.4 Å². The van der Waals surface area contributed by atoms with Crippen molar-refractivity contribution >= 4 is 24.0 Å². The molecule has 0 fully saturated rings. The quantitative estimate of drug-likeness (QED) is 0.868. The molecule has 0 aromatic heterocycles. The Hall–Kier alpha value is -2.20. The van der Waals surface area contributed by atoms with E-state index >= 15 is 0 Å². The number of aromatic carboxylic acids is 1. The third kappa shape index (κ3) is 2.56. The van der Waals surface area contributed by atoms with E-state index in [0.717, 1.165) is 5.56 Å². The molecule has 0 spiro atoms. The summed E-state index contributed by atoms with van der Waals surface area (Å²) in [6.07, 6.45) is 4.04. The first kappa shape index (κ1) is 12.8. The van der Waals surface area contributed by atoms with Crippen LogP contribution in [0.1, 0.15) is 21.5 Å². The van der Waals surface area contributed by atoms with Gasteiger partial charge in [0.05, 0.1) is 12.1 Å². The third-order valence-electron chi connectivity index (χ3n) is 3.13. The molecule has 20 heavy (non-hydrogen) atoms. The van der Waals surface area contributed by atoms with E-state index in [1.165, 1.54) is 10.5 Å². The summed E-state index contributed by atoms with van der Waals surface area (Å²) in [5, 5.41) is 9.21. The second-order valence-corrected chi connectivity index (χ2v) is 5.57. The number of rotatable bonds is 3. The average Bonchev–Trinajstić information content (AvgIpc) is 2.47. The van der Waals surface area contributed by atoms with Gasteiger partial charge in [-0.3, -0.25) is 0 Å². The van der Waals surface area contributed by atoms with Crippen LogP contribution >= 0.6 is 11.9 Å². The summed E-state index contributed by atoms with van der Waals surface area (Å²) in [7, 11) is 0. The molecule has 2 aromatic rings. The summed E-state index contributed by atoms with van der Waals surface area (Å²) in [4.78, 5) is 12.4. The van der Waals surface area contributed by atoms with E-state index in [-0.39, 0.29) is 0 Å². The number of fused-ring (bicyclic) bond motifs is 1. The second kappa shape index (κ2) is 5.43. The Morgan fingerprint density at radius 2 is 1.85 bits per heavy atom. The van der Waals surface area contributed by atoms with Gasteiger partial charge in [0.2, 0.25) is 0 Å². The molecule has 0 saturated heterocycles. The van der Waals surface area contributed by atoms with Crippen LogP contribution in [0.25, 0.3) is 6.08 Å². The summed E-state index contributed by atoms with van der Waals surface area (Å²) in [6.45, 7) is 0.567. The van der Waals surface area contributed by atoms with E-state index in [2.05, 4.69) is 18.2 Å². The van der Waals surface area contributed by atoms with Crippen molar-refractivity contribution in [3.8, 4) is 0 Å². The Labute approximate surface area is 121 Å². The van der Waals surface area contributed by atoms with Gasteiger partial charge in [-0.25, -0.2) is 4.79 Å². The van der Waals surface area contributed by atoms with Crippen molar-refractivity contribution in [1.29, 1.82) is 0 Å². The number of hydrogen-bond acceptors (Lipinski definition) is 3. The van der Waals surface area contributed by atoms with E-state index in [1.807, 2.05) is 34.8 Å². The first-order valence-electron chi connectivity index (χ1n) is 6.27. The largest absolute Gasteiger partial charge is 0.478 e. The molecule has 4 heteroatoms. The highest BCUT2D eigenvalue weighted by Gasteiger charge is 2.15. The van der Waals surface area contributed by atoms with Crippen molar-refractivity contribution < 1.29 is 9.90 Å². The van der Waals surface area contributed by atoms with Gasteiger partial charge in [0, 0.05) is 11.1 Å². The predicted molar refractivity (Wildman–Crippen MR) is 80.3 cm³/mol. The lowest BCUT2D eigenvalue weighted by Gasteiger charge is -2.24. The van der Waals surface area contributed by atoms with Crippen LogP contribution in [-0.4, -0.2) is 15.4 Å². The molecule has 0 amide bonds. The highest BCUT2D eigenvalue weighted by molar-refractivity contribution is 7.97. The molecule has 3 nitrogen and oxygen atoms in total. The molecule has 1 aliphatic heterocycles. The number of hydrogen-bond donors (Lipinski definition) is 1. The van der Waals surface area contributed by atoms with Crippen LogP contribution in [0.5, 0.6) is 0 Å². The van der Waals surface area contributed by atoms with Crippen molar-refractivity contribution in [1.82, 2.24) is 4.31 Å². The molecule has 0 radical (unpaired) electrons. The molecule has 1 N–H and O–H groups in total. The van der Waals surface area contributed by atoms with Gasteiger partial charge >= 0.3 is 5.97 Å². The maximum absolute atomic E-state index is 11.2. The maximum atomic E-state index is 11.2. The highest BCUT2D eigenvalue weighted by Crippen LogP contribution is 2.33. The summed E-state index contributed by atoms with van der Waals surface area (Å²) in [5.74, 6) is -0.882. The topological polar surface area (TPSA) is 40.5 Å². The van der Waals surface area contributed by atoms with Crippen LogP contribution in [0.15, 0.2) is 59.6 Å². The first-order valence-corrected chi connectivity index (χ1v) is 7.04. The zero-order valence-electron chi connectivity index (χ0n) is 10.7. The Morgan fingerprint density at radius 1 is 1.10 bits per heavy atom. The molecule has 2 aromatic carbocycles. The van der Waals surface area contributed by atoms with Crippen LogP contribution in [0, 0.1) is 0 Å². The number of benzene rings is 2. The van der Waals surface area contributed by atoms with Crippen LogP contribution in [0.2, 0.25) is 0 Å². The Bertz CT molecular complexity index is 682. The Balaban J connectivity index is 1.83. The monoisotopic (exact) mass is 283 g/mol. The van der Waals surface area contributed by atoms with Crippen molar-refractivity contribution in [2.24, 2.45) is 0 Å². The van der Waals surface area contributed by atoms with Gasteiger partial charge in [0.15, 0.2) is 0 Å². The third-order valence-corrected chi connectivity index (χ3v) is 4.18. The summed E-state index contributed by atoms with van der Waals surface area (Å²) in [5.41, 5.74) is 2.37. The van der Waals surface area contributed by atoms with Gasteiger partial charge in [-0.15, -0.1) is 0 Å². The summed E-state index contributed by atoms with van der Waals surface area (Å²) < 4.78 is 2.05. The van der Waals surface area contributed by atoms with E-state index in [4.69, 9.17) is 0 Å². The molecule has 0 unspecified atom stereocenters. The predicted octanol–water partition coefficient (Wildman–Crippen LogP) is 3.88. The zero-order chi connectivity index (χ0) is 13.9. The van der Waals surface area contributed by atoms with Crippen molar-refractivity contribution in [3.63, 3.8) is 0 Å². The Morgan fingerprint density at radius 3 is 2.70 bits per heavy atom. The van der Waals surface area contributed by atoms with E-state index in [9.17, 15) is 9.90 Å². The highest BCUT2D eigenvalue weighted by atomic mass is 32.2. The van der Waals surface area contributed by atoms with Gasteiger partial charge in [-0.1, -0.05) is 36.4 Å². The molecule has 100 valence electrons. The first-order chi connectivity index (χ1) is 9.74. The molecule has 1 heterocycles. The fraction of sp³-hybridized carbons (Fsp3) is 0.0625. The number of carboxylic acid groups (broad SMARTS) is 1. The van der Waals surface area contributed by atoms with Gasteiger partial charge in [-0.05, 0) is 41.3 Å². The van der Waals surface area contributed by atoms with E-state index < -0.39 is 5.97 Å². The van der Waals surface area contributed by atoms with E-state index in [0.29, 0.717) is 12.1 Å².